The largest absolute Gasteiger partial charge is 0.469 e. The average molecular weight is 381 g/mol. The number of amides is 1. The van der Waals surface area contributed by atoms with Gasteiger partial charge in [-0.3, -0.25) is 19.2 Å². The molecule has 1 aliphatic heterocycles. The smallest absolute Gasteiger partial charge is 0.305 e. The first kappa shape index (κ1) is 18.2. The summed E-state index contributed by atoms with van der Waals surface area (Å²) in [4.78, 5) is 51.1. The maximum Gasteiger partial charge on any atom is 0.305 e. The van der Waals surface area contributed by atoms with Gasteiger partial charge < -0.3 is 14.1 Å². The number of piperidine rings is 1. The molecule has 0 spiro atoms. The fraction of sp³-hybridized carbons (Fsp3) is 0.333. The molecule has 0 N–H and O–H groups in total. The van der Waals surface area contributed by atoms with Crippen molar-refractivity contribution < 1.29 is 28.3 Å². The van der Waals surface area contributed by atoms with Crippen LogP contribution in [0.1, 0.15) is 61.9 Å². The number of benzene rings is 1. The molecular weight excluding hydrogens is 362 g/mol. The lowest BCUT2D eigenvalue weighted by molar-refractivity contribution is -0.142. The third kappa shape index (κ3) is 3.02. The number of esters is 1. The van der Waals surface area contributed by atoms with Crippen LogP contribution in [0.5, 0.6) is 0 Å². The summed E-state index contributed by atoms with van der Waals surface area (Å²) in [7, 11) is 1.36. The Kier molecular flexibility index (Phi) is 4.58. The van der Waals surface area contributed by atoms with Crippen LogP contribution < -0.4 is 0 Å². The number of ketones is 2. The quantitative estimate of drug-likeness (QED) is 0.647. The number of hydrogen-bond acceptors (Lipinski definition) is 6. The highest BCUT2D eigenvalue weighted by Gasteiger charge is 2.35. The first-order valence-electron chi connectivity index (χ1n) is 9.18. The first-order chi connectivity index (χ1) is 13.5. The second-order valence-electron chi connectivity index (χ2n) is 7.07. The fourth-order valence-corrected chi connectivity index (χ4v) is 3.80. The van der Waals surface area contributed by atoms with Crippen molar-refractivity contribution in [3.05, 3.63) is 58.5 Å². The van der Waals surface area contributed by atoms with E-state index in [0.717, 1.165) is 0 Å². The molecule has 1 aromatic carbocycles. The Morgan fingerprint density at radius 1 is 1.07 bits per heavy atom. The van der Waals surface area contributed by atoms with Gasteiger partial charge in [0.15, 0.2) is 17.3 Å². The van der Waals surface area contributed by atoms with Crippen molar-refractivity contribution in [2.24, 2.45) is 5.92 Å². The molecule has 1 saturated heterocycles. The van der Waals surface area contributed by atoms with Crippen LogP contribution in [0, 0.1) is 5.92 Å². The Balaban J connectivity index is 1.51. The minimum atomic E-state index is -0.388. The summed E-state index contributed by atoms with van der Waals surface area (Å²) in [6.45, 7) is 0.960. The second-order valence-corrected chi connectivity index (χ2v) is 7.07. The van der Waals surface area contributed by atoms with Gasteiger partial charge in [-0.1, -0.05) is 24.3 Å². The van der Waals surface area contributed by atoms with Crippen molar-refractivity contribution in [3.63, 3.8) is 0 Å². The zero-order valence-electron chi connectivity index (χ0n) is 15.4. The van der Waals surface area contributed by atoms with Gasteiger partial charge in [0.05, 0.1) is 12.7 Å². The molecule has 0 saturated carbocycles. The van der Waals surface area contributed by atoms with E-state index in [-0.39, 0.29) is 52.0 Å². The lowest BCUT2D eigenvalue weighted by Gasteiger charge is -2.30. The molecule has 144 valence electrons. The van der Waals surface area contributed by atoms with Crippen LogP contribution >= 0.6 is 0 Å². The number of rotatable bonds is 3. The van der Waals surface area contributed by atoms with E-state index in [1.54, 1.807) is 29.2 Å². The molecule has 7 nitrogen and oxygen atoms in total. The number of carbonyl (C=O) groups excluding carboxylic acids is 4. The van der Waals surface area contributed by atoms with Gasteiger partial charge in [0.25, 0.3) is 5.91 Å². The zero-order valence-corrected chi connectivity index (χ0v) is 15.4. The van der Waals surface area contributed by atoms with Crippen LogP contribution in [-0.4, -0.2) is 48.5 Å². The summed E-state index contributed by atoms with van der Waals surface area (Å²) in [6, 6.07) is 7.92. The first-order valence-corrected chi connectivity index (χ1v) is 9.18. The summed E-state index contributed by atoms with van der Waals surface area (Å²) in [5.41, 5.74) is 0.744. The van der Waals surface area contributed by atoms with E-state index < -0.39 is 0 Å². The monoisotopic (exact) mass is 381 g/mol. The molecule has 1 aromatic heterocycles. The predicted molar refractivity (Wildman–Crippen MR) is 97.3 cm³/mol. The summed E-state index contributed by atoms with van der Waals surface area (Å²) in [6.07, 6.45) is 1.71. The topological polar surface area (TPSA) is 93.9 Å². The van der Waals surface area contributed by atoms with Gasteiger partial charge in [-0.25, -0.2) is 0 Å². The van der Waals surface area contributed by atoms with Crippen LogP contribution in [0.25, 0.3) is 0 Å². The maximum atomic E-state index is 12.8. The highest BCUT2D eigenvalue weighted by molar-refractivity contribution is 6.27. The van der Waals surface area contributed by atoms with Crippen molar-refractivity contribution in [1.82, 2.24) is 4.90 Å². The van der Waals surface area contributed by atoms with Gasteiger partial charge >= 0.3 is 5.97 Å². The molecule has 1 amide bonds. The van der Waals surface area contributed by atoms with Gasteiger partial charge in [0, 0.05) is 36.7 Å². The van der Waals surface area contributed by atoms with Crippen molar-refractivity contribution in [2.45, 2.75) is 19.3 Å². The standard InChI is InChI=1S/C21H19NO6/c1-27-17(23)10-12-6-8-22(9-7-12)21(26)16-11-15-18(24)13-4-2-3-5-14(13)19(25)20(15)28-16/h2-5,11-12H,6-10H2,1H3. The van der Waals surface area contributed by atoms with Crippen LogP contribution in [0.15, 0.2) is 34.7 Å². The molecule has 2 aromatic rings. The second kappa shape index (κ2) is 7.07. The van der Waals surface area contributed by atoms with Crippen molar-refractivity contribution >= 4 is 23.4 Å². The van der Waals surface area contributed by atoms with Crippen molar-refractivity contribution in [3.8, 4) is 0 Å². The Hall–Kier alpha value is -3.22. The third-order valence-corrected chi connectivity index (χ3v) is 5.39. The fourth-order valence-electron chi connectivity index (χ4n) is 3.80. The lowest BCUT2D eigenvalue weighted by Crippen LogP contribution is -2.38. The molecule has 2 heterocycles. The Bertz CT molecular complexity index is 928. The Morgan fingerprint density at radius 3 is 2.36 bits per heavy atom. The number of ether oxygens (including phenoxy) is 1. The predicted octanol–water partition coefficient (Wildman–Crippen LogP) is 2.47. The van der Waals surface area contributed by atoms with Gasteiger partial charge in [0.1, 0.15) is 0 Å². The molecular formula is C21H19NO6. The van der Waals surface area contributed by atoms with Gasteiger partial charge in [-0.05, 0) is 18.8 Å². The minimum Gasteiger partial charge on any atom is -0.469 e. The van der Waals surface area contributed by atoms with E-state index in [2.05, 4.69) is 0 Å². The maximum absolute atomic E-state index is 12.8. The van der Waals surface area contributed by atoms with E-state index in [0.29, 0.717) is 37.9 Å². The van der Waals surface area contributed by atoms with E-state index in [4.69, 9.17) is 9.15 Å². The van der Waals surface area contributed by atoms with Crippen LogP contribution in [0.3, 0.4) is 0 Å². The Labute approximate surface area is 161 Å². The summed E-state index contributed by atoms with van der Waals surface area (Å²) >= 11 is 0. The van der Waals surface area contributed by atoms with E-state index >= 15 is 0 Å². The van der Waals surface area contributed by atoms with E-state index in [1.807, 2.05) is 0 Å². The molecule has 28 heavy (non-hydrogen) atoms. The summed E-state index contributed by atoms with van der Waals surface area (Å²) in [5, 5.41) is 0. The molecule has 0 atom stereocenters. The molecule has 1 fully saturated rings. The molecule has 4 rings (SSSR count). The van der Waals surface area contributed by atoms with Crippen LogP contribution in [0.4, 0.5) is 0 Å². The number of fused-ring (bicyclic) bond motifs is 2. The minimum absolute atomic E-state index is 0.00840. The normalized spacial score (nSPS) is 16.5. The highest BCUT2D eigenvalue weighted by atomic mass is 16.5. The number of nitrogens with zero attached hydrogens (tertiary/aromatic N) is 1. The number of likely N-dealkylation sites (tertiary alicyclic amines) is 1. The van der Waals surface area contributed by atoms with Crippen molar-refractivity contribution in [2.75, 3.05) is 20.2 Å². The molecule has 7 heteroatoms. The molecule has 0 bridgehead atoms. The van der Waals surface area contributed by atoms with E-state index in [1.165, 1.54) is 13.2 Å². The van der Waals surface area contributed by atoms with Crippen LogP contribution in [-0.2, 0) is 9.53 Å². The van der Waals surface area contributed by atoms with Crippen LogP contribution in [0.2, 0.25) is 0 Å². The molecule has 2 aliphatic rings. The highest BCUT2D eigenvalue weighted by Crippen LogP contribution is 2.30. The Morgan fingerprint density at radius 2 is 1.71 bits per heavy atom. The zero-order chi connectivity index (χ0) is 19.8. The third-order valence-electron chi connectivity index (χ3n) is 5.39. The van der Waals surface area contributed by atoms with E-state index in [9.17, 15) is 19.2 Å². The van der Waals surface area contributed by atoms with Gasteiger partial charge in [-0.2, -0.15) is 0 Å². The summed E-state index contributed by atoms with van der Waals surface area (Å²) in [5.74, 6) is -1.21. The average Bonchev–Trinajstić information content (AvgIpc) is 3.18. The van der Waals surface area contributed by atoms with Crippen molar-refractivity contribution in [1.29, 1.82) is 0 Å². The number of hydrogen-bond donors (Lipinski definition) is 0. The van der Waals surface area contributed by atoms with Gasteiger partial charge in [0.2, 0.25) is 5.78 Å². The summed E-state index contributed by atoms with van der Waals surface area (Å²) < 4.78 is 10.2. The molecule has 0 radical (unpaired) electrons. The number of carbonyl (C=O) groups is 4. The number of furan rings is 1. The molecule has 0 unspecified atom stereocenters. The molecule has 1 aliphatic carbocycles. The number of methoxy groups -OCH3 is 1. The SMILES string of the molecule is COC(=O)CC1CCN(C(=O)c2cc3c(o2)C(=O)c2ccccc2C3=O)CC1. The lowest BCUT2D eigenvalue weighted by atomic mass is 9.88. The van der Waals surface area contributed by atoms with Gasteiger partial charge in [-0.15, -0.1) is 0 Å².